The Hall–Kier alpha value is -1.70. The molecule has 1 atom stereocenters. The largest absolute Gasteiger partial charge is 0.478 e. The van der Waals surface area contributed by atoms with Crippen molar-refractivity contribution < 1.29 is 18.3 Å². The summed E-state index contributed by atoms with van der Waals surface area (Å²) in [5, 5.41) is 10.8. The van der Waals surface area contributed by atoms with Crippen molar-refractivity contribution in [2.45, 2.75) is 19.4 Å². The summed E-state index contributed by atoms with van der Waals surface area (Å²) in [6, 6.07) is 9.57. The van der Waals surface area contributed by atoms with Crippen molar-refractivity contribution in [3.63, 3.8) is 0 Å². The van der Waals surface area contributed by atoms with Crippen molar-refractivity contribution in [3.8, 4) is 0 Å². The third-order valence-electron chi connectivity index (χ3n) is 3.21. The smallest absolute Gasteiger partial charge is 0.335 e. The summed E-state index contributed by atoms with van der Waals surface area (Å²) < 4.78 is 26.8. The summed E-state index contributed by atoms with van der Waals surface area (Å²) in [6.45, 7) is 1.73. The third kappa shape index (κ3) is 4.66. The Labute approximate surface area is 133 Å². The second kappa shape index (κ2) is 7.04. The summed E-state index contributed by atoms with van der Waals surface area (Å²) in [7, 11) is -3.39. The van der Waals surface area contributed by atoms with E-state index in [1.807, 2.05) is 17.5 Å². The van der Waals surface area contributed by atoms with E-state index in [2.05, 4.69) is 4.72 Å². The predicted octanol–water partition coefficient (Wildman–Crippen LogP) is 2.67. The maximum atomic E-state index is 12.1. The van der Waals surface area contributed by atoms with Gasteiger partial charge in [0.05, 0.1) is 11.3 Å². The molecule has 0 unspecified atom stereocenters. The van der Waals surface area contributed by atoms with E-state index >= 15 is 0 Å². The van der Waals surface area contributed by atoms with Crippen LogP contribution in [0.4, 0.5) is 0 Å². The SMILES string of the molecule is C[C@@H](NS(=O)(=O)CCc1cccs1)c1ccc(C(=O)O)cc1. The molecule has 0 spiro atoms. The normalized spacial score (nSPS) is 13.0. The van der Waals surface area contributed by atoms with Crippen LogP contribution in [0.25, 0.3) is 0 Å². The van der Waals surface area contributed by atoms with Gasteiger partial charge in [0, 0.05) is 10.9 Å². The van der Waals surface area contributed by atoms with E-state index in [-0.39, 0.29) is 11.3 Å². The molecule has 5 nitrogen and oxygen atoms in total. The van der Waals surface area contributed by atoms with Gasteiger partial charge >= 0.3 is 5.97 Å². The molecule has 0 aliphatic carbocycles. The van der Waals surface area contributed by atoms with Gasteiger partial charge in [-0.1, -0.05) is 18.2 Å². The zero-order valence-corrected chi connectivity index (χ0v) is 13.7. The van der Waals surface area contributed by atoms with Crippen LogP contribution in [0.1, 0.15) is 33.8 Å². The van der Waals surface area contributed by atoms with Gasteiger partial charge in [0.25, 0.3) is 0 Å². The Kier molecular flexibility index (Phi) is 5.33. The molecule has 1 aromatic carbocycles. The van der Waals surface area contributed by atoms with Crippen LogP contribution in [0.15, 0.2) is 41.8 Å². The number of carboxylic acid groups (broad SMARTS) is 1. The Balaban J connectivity index is 1.97. The van der Waals surface area contributed by atoms with E-state index < -0.39 is 22.0 Å². The molecule has 2 rings (SSSR count). The molecule has 0 bridgehead atoms. The minimum Gasteiger partial charge on any atom is -0.478 e. The first-order valence-electron chi connectivity index (χ1n) is 6.73. The highest BCUT2D eigenvalue weighted by Crippen LogP contribution is 2.16. The standard InChI is InChI=1S/C15H17NO4S2/c1-11(12-4-6-13(7-5-12)15(17)18)16-22(19,20)10-8-14-3-2-9-21-14/h2-7,9,11,16H,8,10H2,1H3,(H,17,18)/t11-/m1/s1. The summed E-state index contributed by atoms with van der Waals surface area (Å²) in [4.78, 5) is 11.8. The molecule has 0 aliphatic heterocycles. The molecule has 22 heavy (non-hydrogen) atoms. The highest BCUT2D eigenvalue weighted by Gasteiger charge is 2.16. The highest BCUT2D eigenvalue weighted by atomic mass is 32.2. The minimum atomic E-state index is -3.39. The van der Waals surface area contributed by atoms with Gasteiger partial charge in [0.1, 0.15) is 0 Å². The number of benzene rings is 1. The maximum absolute atomic E-state index is 12.1. The number of hydrogen-bond acceptors (Lipinski definition) is 4. The number of aromatic carboxylic acids is 1. The maximum Gasteiger partial charge on any atom is 0.335 e. The molecule has 7 heteroatoms. The molecular weight excluding hydrogens is 322 g/mol. The number of rotatable bonds is 7. The average molecular weight is 339 g/mol. The molecule has 0 saturated carbocycles. The molecular formula is C15H17NO4S2. The minimum absolute atomic E-state index is 0.0328. The molecule has 0 radical (unpaired) electrons. The van der Waals surface area contributed by atoms with Crippen LogP contribution in [0.2, 0.25) is 0 Å². The van der Waals surface area contributed by atoms with Crippen LogP contribution < -0.4 is 4.72 Å². The number of nitrogens with one attached hydrogen (secondary N) is 1. The first-order valence-corrected chi connectivity index (χ1v) is 9.26. The molecule has 0 saturated heterocycles. The van der Waals surface area contributed by atoms with Gasteiger partial charge < -0.3 is 5.11 Å². The summed E-state index contributed by atoms with van der Waals surface area (Å²) in [5.41, 5.74) is 0.904. The molecule has 2 aromatic rings. The highest BCUT2D eigenvalue weighted by molar-refractivity contribution is 7.89. The van der Waals surface area contributed by atoms with Gasteiger partial charge in [-0.05, 0) is 42.5 Å². The van der Waals surface area contributed by atoms with E-state index in [4.69, 9.17) is 5.11 Å². The number of aryl methyl sites for hydroxylation is 1. The molecule has 2 N–H and O–H groups in total. The average Bonchev–Trinajstić information content (AvgIpc) is 2.98. The van der Waals surface area contributed by atoms with E-state index in [0.717, 1.165) is 10.4 Å². The van der Waals surface area contributed by atoms with Crippen LogP contribution in [0.5, 0.6) is 0 Å². The van der Waals surface area contributed by atoms with Crippen LogP contribution in [-0.4, -0.2) is 25.2 Å². The van der Waals surface area contributed by atoms with Crippen LogP contribution >= 0.6 is 11.3 Å². The zero-order chi connectivity index (χ0) is 16.2. The summed E-state index contributed by atoms with van der Waals surface area (Å²) >= 11 is 1.54. The molecule has 0 fully saturated rings. The van der Waals surface area contributed by atoms with Crippen LogP contribution in [0, 0.1) is 0 Å². The molecule has 0 amide bonds. The second-order valence-electron chi connectivity index (χ2n) is 4.91. The van der Waals surface area contributed by atoms with Gasteiger partial charge in [0.15, 0.2) is 0 Å². The van der Waals surface area contributed by atoms with Crippen LogP contribution in [-0.2, 0) is 16.4 Å². The molecule has 0 aliphatic rings. The fraction of sp³-hybridized carbons (Fsp3) is 0.267. The quantitative estimate of drug-likeness (QED) is 0.812. The van der Waals surface area contributed by atoms with Crippen molar-refractivity contribution in [2.75, 3.05) is 5.75 Å². The first kappa shape index (κ1) is 16.7. The lowest BCUT2D eigenvalue weighted by atomic mass is 10.1. The van der Waals surface area contributed by atoms with Crippen molar-refractivity contribution in [1.82, 2.24) is 4.72 Å². The number of hydrogen-bond donors (Lipinski definition) is 2. The summed E-state index contributed by atoms with van der Waals surface area (Å²) in [5.74, 6) is -0.971. The van der Waals surface area contributed by atoms with E-state index in [9.17, 15) is 13.2 Å². The molecule has 1 aromatic heterocycles. The second-order valence-corrected chi connectivity index (χ2v) is 7.82. The van der Waals surface area contributed by atoms with E-state index in [0.29, 0.717) is 6.42 Å². The van der Waals surface area contributed by atoms with Gasteiger partial charge in [-0.2, -0.15) is 0 Å². The van der Waals surface area contributed by atoms with Crippen molar-refractivity contribution >= 4 is 27.3 Å². The monoisotopic (exact) mass is 339 g/mol. The molecule has 1 heterocycles. The summed E-state index contributed by atoms with van der Waals surface area (Å²) in [6.07, 6.45) is 0.484. The first-order chi connectivity index (χ1) is 10.4. The van der Waals surface area contributed by atoms with Crippen molar-refractivity contribution in [2.24, 2.45) is 0 Å². The van der Waals surface area contributed by atoms with Gasteiger partial charge in [-0.25, -0.2) is 17.9 Å². The molecule has 118 valence electrons. The Morgan fingerprint density at radius 2 is 1.95 bits per heavy atom. The fourth-order valence-corrected chi connectivity index (χ4v) is 4.12. The van der Waals surface area contributed by atoms with Gasteiger partial charge in [-0.15, -0.1) is 11.3 Å². The van der Waals surface area contributed by atoms with Gasteiger partial charge in [-0.3, -0.25) is 0 Å². The Bertz CT molecular complexity index is 721. The van der Waals surface area contributed by atoms with Crippen molar-refractivity contribution in [3.05, 3.63) is 57.8 Å². The Morgan fingerprint density at radius 1 is 1.27 bits per heavy atom. The van der Waals surface area contributed by atoms with Crippen LogP contribution in [0.3, 0.4) is 0 Å². The number of carbonyl (C=O) groups is 1. The number of sulfonamides is 1. The fourth-order valence-electron chi connectivity index (χ4n) is 2.00. The topological polar surface area (TPSA) is 83.5 Å². The van der Waals surface area contributed by atoms with E-state index in [1.165, 1.54) is 23.5 Å². The third-order valence-corrected chi connectivity index (χ3v) is 5.60. The predicted molar refractivity (Wildman–Crippen MR) is 86.8 cm³/mol. The Morgan fingerprint density at radius 3 is 2.50 bits per heavy atom. The van der Waals surface area contributed by atoms with Crippen molar-refractivity contribution in [1.29, 1.82) is 0 Å². The van der Waals surface area contributed by atoms with Gasteiger partial charge in [0.2, 0.25) is 10.0 Å². The zero-order valence-electron chi connectivity index (χ0n) is 12.0. The van der Waals surface area contributed by atoms with E-state index in [1.54, 1.807) is 19.1 Å². The lowest BCUT2D eigenvalue weighted by molar-refractivity contribution is 0.0697. The lowest BCUT2D eigenvalue weighted by Crippen LogP contribution is -2.29. The lowest BCUT2D eigenvalue weighted by Gasteiger charge is -2.14. The number of carboxylic acids is 1. The number of thiophene rings is 1.